The van der Waals surface area contributed by atoms with Crippen molar-refractivity contribution in [2.75, 3.05) is 25.2 Å². The Labute approximate surface area is 107 Å². The van der Waals surface area contributed by atoms with Crippen molar-refractivity contribution in [3.05, 3.63) is 29.8 Å². The van der Waals surface area contributed by atoms with Crippen LogP contribution >= 0.6 is 11.8 Å². The molecule has 0 amide bonds. The Balaban J connectivity index is 1.96. The number of hydrogen-bond donors (Lipinski definition) is 2. The predicted molar refractivity (Wildman–Crippen MR) is 71.7 cm³/mol. The summed E-state index contributed by atoms with van der Waals surface area (Å²) in [4.78, 5) is 0. The molecular formula is C13H19NO2S. The van der Waals surface area contributed by atoms with Crippen LogP contribution in [-0.4, -0.2) is 42.4 Å². The first-order chi connectivity index (χ1) is 8.29. The SMILES string of the molecule is CNC(Cc1ccc(O)cc1)C1CSCCO1. The highest BCUT2D eigenvalue weighted by Gasteiger charge is 2.23. The third-order valence-electron chi connectivity index (χ3n) is 3.05. The summed E-state index contributed by atoms with van der Waals surface area (Å²) in [7, 11) is 1.98. The maximum Gasteiger partial charge on any atom is 0.115 e. The van der Waals surface area contributed by atoms with Crippen LogP contribution in [0, 0.1) is 0 Å². The minimum Gasteiger partial charge on any atom is -0.508 e. The smallest absolute Gasteiger partial charge is 0.115 e. The molecule has 1 aliphatic heterocycles. The largest absolute Gasteiger partial charge is 0.508 e. The van der Waals surface area contributed by atoms with Gasteiger partial charge in [-0.3, -0.25) is 0 Å². The molecule has 1 aromatic carbocycles. The first-order valence-corrected chi connectivity index (χ1v) is 7.09. The summed E-state index contributed by atoms with van der Waals surface area (Å²) in [5, 5.41) is 12.6. The zero-order valence-corrected chi connectivity index (χ0v) is 10.9. The van der Waals surface area contributed by atoms with Crippen molar-refractivity contribution in [3.8, 4) is 5.75 Å². The number of hydrogen-bond acceptors (Lipinski definition) is 4. The molecule has 0 aromatic heterocycles. The summed E-state index contributed by atoms with van der Waals surface area (Å²) in [6, 6.07) is 7.75. The fraction of sp³-hybridized carbons (Fsp3) is 0.538. The van der Waals surface area contributed by atoms with Crippen LogP contribution in [0.25, 0.3) is 0 Å². The molecule has 1 heterocycles. The van der Waals surface area contributed by atoms with Crippen LogP contribution in [0.15, 0.2) is 24.3 Å². The van der Waals surface area contributed by atoms with Crippen molar-refractivity contribution < 1.29 is 9.84 Å². The highest BCUT2D eigenvalue weighted by atomic mass is 32.2. The van der Waals surface area contributed by atoms with Crippen LogP contribution in [0.4, 0.5) is 0 Å². The predicted octanol–water partition coefficient (Wildman–Crippen LogP) is 1.65. The first kappa shape index (κ1) is 12.7. The fourth-order valence-electron chi connectivity index (χ4n) is 2.04. The van der Waals surface area contributed by atoms with Gasteiger partial charge in [-0.2, -0.15) is 11.8 Å². The van der Waals surface area contributed by atoms with E-state index >= 15 is 0 Å². The molecule has 0 aliphatic carbocycles. The van der Waals surface area contributed by atoms with E-state index in [4.69, 9.17) is 4.74 Å². The lowest BCUT2D eigenvalue weighted by Gasteiger charge is -2.30. The zero-order valence-electron chi connectivity index (χ0n) is 10.1. The van der Waals surface area contributed by atoms with E-state index in [-0.39, 0.29) is 6.10 Å². The second kappa shape index (κ2) is 6.28. The topological polar surface area (TPSA) is 41.5 Å². The number of ether oxygens (including phenoxy) is 1. The standard InChI is InChI=1S/C13H19NO2S/c1-14-12(13-9-17-7-6-16-13)8-10-2-4-11(15)5-3-10/h2-5,12-15H,6-9H2,1H3. The van der Waals surface area contributed by atoms with E-state index in [1.165, 1.54) is 5.56 Å². The summed E-state index contributed by atoms with van der Waals surface area (Å²) in [6.07, 6.45) is 1.22. The number of rotatable bonds is 4. The van der Waals surface area contributed by atoms with Crippen molar-refractivity contribution >= 4 is 11.8 Å². The summed E-state index contributed by atoms with van der Waals surface area (Å²) in [6.45, 7) is 0.850. The van der Waals surface area contributed by atoms with Crippen LogP contribution in [0.5, 0.6) is 5.75 Å². The summed E-state index contributed by atoms with van der Waals surface area (Å²) >= 11 is 1.95. The molecule has 0 saturated carbocycles. The van der Waals surface area contributed by atoms with Crippen LogP contribution < -0.4 is 5.32 Å². The number of nitrogens with one attached hydrogen (secondary N) is 1. The highest BCUT2D eigenvalue weighted by molar-refractivity contribution is 7.99. The molecule has 0 bridgehead atoms. The van der Waals surface area contributed by atoms with E-state index in [0.717, 1.165) is 24.5 Å². The number of aromatic hydroxyl groups is 1. The fourth-order valence-corrected chi connectivity index (χ4v) is 2.99. The second-order valence-electron chi connectivity index (χ2n) is 4.25. The molecular weight excluding hydrogens is 234 g/mol. The number of thioether (sulfide) groups is 1. The molecule has 94 valence electrons. The van der Waals surface area contributed by atoms with Gasteiger partial charge in [0.1, 0.15) is 5.75 Å². The monoisotopic (exact) mass is 253 g/mol. The van der Waals surface area contributed by atoms with Crippen LogP contribution in [0.2, 0.25) is 0 Å². The maximum absolute atomic E-state index is 9.25. The van der Waals surface area contributed by atoms with E-state index in [0.29, 0.717) is 11.8 Å². The van der Waals surface area contributed by atoms with Crippen LogP contribution in [-0.2, 0) is 11.2 Å². The Morgan fingerprint density at radius 2 is 2.24 bits per heavy atom. The number of phenolic OH excluding ortho intramolecular Hbond substituents is 1. The lowest BCUT2D eigenvalue weighted by molar-refractivity contribution is 0.0492. The van der Waals surface area contributed by atoms with E-state index in [2.05, 4.69) is 5.32 Å². The summed E-state index contributed by atoms with van der Waals surface area (Å²) in [5.41, 5.74) is 1.22. The lowest BCUT2D eigenvalue weighted by atomic mass is 10.0. The molecule has 2 unspecified atom stereocenters. The Kier molecular flexibility index (Phi) is 4.71. The Morgan fingerprint density at radius 3 is 2.82 bits per heavy atom. The van der Waals surface area contributed by atoms with Crippen LogP contribution in [0.1, 0.15) is 5.56 Å². The zero-order chi connectivity index (χ0) is 12.1. The van der Waals surface area contributed by atoms with Gasteiger partial charge in [0.25, 0.3) is 0 Å². The van der Waals surface area contributed by atoms with Gasteiger partial charge in [0.05, 0.1) is 12.7 Å². The van der Waals surface area contributed by atoms with Gasteiger partial charge in [-0.05, 0) is 31.2 Å². The normalized spacial score (nSPS) is 22.3. The van der Waals surface area contributed by atoms with Crippen molar-refractivity contribution in [3.63, 3.8) is 0 Å². The number of phenols is 1. The van der Waals surface area contributed by atoms with Gasteiger partial charge in [-0.25, -0.2) is 0 Å². The molecule has 2 atom stereocenters. The minimum absolute atomic E-state index is 0.285. The Morgan fingerprint density at radius 1 is 1.47 bits per heavy atom. The average Bonchev–Trinajstić information content (AvgIpc) is 2.39. The Hall–Kier alpha value is -0.710. The quantitative estimate of drug-likeness (QED) is 0.856. The van der Waals surface area contributed by atoms with Gasteiger partial charge >= 0.3 is 0 Å². The maximum atomic E-state index is 9.25. The second-order valence-corrected chi connectivity index (χ2v) is 5.40. The highest BCUT2D eigenvalue weighted by Crippen LogP contribution is 2.19. The van der Waals surface area contributed by atoms with Gasteiger partial charge < -0.3 is 15.2 Å². The molecule has 17 heavy (non-hydrogen) atoms. The molecule has 1 aromatic rings. The molecule has 4 heteroatoms. The number of benzene rings is 1. The summed E-state index contributed by atoms with van der Waals surface area (Å²) < 4.78 is 5.79. The minimum atomic E-state index is 0.285. The van der Waals surface area contributed by atoms with Gasteiger partial charge in [-0.15, -0.1) is 0 Å². The van der Waals surface area contributed by atoms with Crippen molar-refractivity contribution in [1.29, 1.82) is 0 Å². The van der Waals surface area contributed by atoms with Gasteiger partial charge in [0.15, 0.2) is 0 Å². The first-order valence-electron chi connectivity index (χ1n) is 5.94. The Bertz CT molecular complexity index is 336. The van der Waals surface area contributed by atoms with E-state index < -0.39 is 0 Å². The van der Waals surface area contributed by atoms with Crippen LogP contribution in [0.3, 0.4) is 0 Å². The van der Waals surface area contributed by atoms with E-state index in [1.54, 1.807) is 12.1 Å². The van der Waals surface area contributed by atoms with Crippen molar-refractivity contribution in [2.45, 2.75) is 18.6 Å². The van der Waals surface area contributed by atoms with Crippen molar-refractivity contribution in [2.24, 2.45) is 0 Å². The number of likely N-dealkylation sites (N-methyl/N-ethyl adjacent to an activating group) is 1. The third kappa shape index (κ3) is 3.63. The van der Waals surface area contributed by atoms with E-state index in [9.17, 15) is 5.11 Å². The molecule has 3 nitrogen and oxygen atoms in total. The van der Waals surface area contributed by atoms with E-state index in [1.807, 2.05) is 30.9 Å². The van der Waals surface area contributed by atoms with Gasteiger partial charge in [0, 0.05) is 17.5 Å². The van der Waals surface area contributed by atoms with Gasteiger partial charge in [0.2, 0.25) is 0 Å². The molecule has 1 fully saturated rings. The summed E-state index contributed by atoms with van der Waals surface area (Å²) in [5.74, 6) is 2.48. The molecule has 0 spiro atoms. The molecule has 1 aliphatic rings. The molecule has 2 rings (SSSR count). The molecule has 2 N–H and O–H groups in total. The molecule has 0 radical (unpaired) electrons. The van der Waals surface area contributed by atoms with Gasteiger partial charge in [-0.1, -0.05) is 12.1 Å². The third-order valence-corrected chi connectivity index (χ3v) is 4.07. The molecule has 1 saturated heterocycles. The average molecular weight is 253 g/mol. The van der Waals surface area contributed by atoms with Crippen molar-refractivity contribution in [1.82, 2.24) is 5.32 Å². The lowest BCUT2D eigenvalue weighted by Crippen LogP contribution is -2.44.